The highest BCUT2D eigenvalue weighted by Gasteiger charge is 2.35. The molecule has 1 heterocycles. The maximum Gasteiger partial charge on any atom is 0.314 e. The van der Waals surface area contributed by atoms with Gasteiger partial charge in [0.05, 0.1) is 12.5 Å². The van der Waals surface area contributed by atoms with Crippen molar-refractivity contribution < 1.29 is 19.1 Å². The van der Waals surface area contributed by atoms with Crippen LogP contribution in [0, 0.1) is 11.8 Å². The van der Waals surface area contributed by atoms with E-state index in [-0.39, 0.29) is 24.4 Å². The van der Waals surface area contributed by atoms with Gasteiger partial charge in [-0.1, -0.05) is 51.0 Å². The molecule has 2 aliphatic rings. The Labute approximate surface area is 186 Å². The summed E-state index contributed by atoms with van der Waals surface area (Å²) in [5.74, 6) is 0.819. The van der Waals surface area contributed by atoms with E-state index in [1.54, 1.807) is 0 Å². The summed E-state index contributed by atoms with van der Waals surface area (Å²) in [6.45, 7) is 10.3. The highest BCUT2D eigenvalue weighted by molar-refractivity contribution is 5.87. The van der Waals surface area contributed by atoms with Crippen LogP contribution >= 0.6 is 0 Å². The molecule has 0 aromatic heterocycles. The van der Waals surface area contributed by atoms with E-state index in [9.17, 15) is 9.59 Å². The van der Waals surface area contributed by atoms with Gasteiger partial charge in [0.2, 0.25) is 5.90 Å². The van der Waals surface area contributed by atoms with E-state index in [0.29, 0.717) is 30.7 Å². The molecule has 31 heavy (non-hydrogen) atoms. The number of rotatable bonds is 7. The first-order valence-electron chi connectivity index (χ1n) is 11.4. The molecular weight excluding hydrogens is 392 g/mol. The number of hydrazone groups is 1. The fourth-order valence-electron chi connectivity index (χ4n) is 4.27. The standard InChI is InChI=1S/C25H36N2O4/c1-17(2)14-21-26-27(22(28)16-30-21)15-18-10-12-20(13-11-18)23(19-8-6-7-9-19)24(29)31-25(3,4)5/h10-13,17,19,23H,6-9,14-16H2,1-5H3. The molecule has 1 aromatic rings. The summed E-state index contributed by atoms with van der Waals surface area (Å²) >= 11 is 0. The molecule has 1 saturated carbocycles. The van der Waals surface area contributed by atoms with Gasteiger partial charge in [0.15, 0.2) is 6.61 Å². The fourth-order valence-corrected chi connectivity index (χ4v) is 4.27. The number of ether oxygens (including phenoxy) is 2. The van der Waals surface area contributed by atoms with Crippen LogP contribution < -0.4 is 0 Å². The van der Waals surface area contributed by atoms with Crippen LogP contribution in [0.5, 0.6) is 0 Å². The minimum Gasteiger partial charge on any atom is -0.470 e. The first kappa shape index (κ1) is 23.3. The molecule has 170 valence electrons. The number of hydrogen-bond donors (Lipinski definition) is 0. The monoisotopic (exact) mass is 428 g/mol. The zero-order valence-electron chi connectivity index (χ0n) is 19.5. The Kier molecular flexibility index (Phi) is 7.39. The fraction of sp³-hybridized carbons (Fsp3) is 0.640. The van der Waals surface area contributed by atoms with Crippen molar-refractivity contribution in [3.63, 3.8) is 0 Å². The van der Waals surface area contributed by atoms with Gasteiger partial charge in [0.25, 0.3) is 5.91 Å². The van der Waals surface area contributed by atoms with Gasteiger partial charge in [-0.15, -0.1) is 5.10 Å². The highest BCUT2D eigenvalue weighted by Crippen LogP contribution is 2.39. The van der Waals surface area contributed by atoms with Gasteiger partial charge in [-0.2, -0.15) is 0 Å². The molecule has 0 saturated heterocycles. The average molecular weight is 429 g/mol. The summed E-state index contributed by atoms with van der Waals surface area (Å²) < 4.78 is 11.2. The Morgan fingerprint density at radius 2 is 1.84 bits per heavy atom. The molecule has 6 heteroatoms. The van der Waals surface area contributed by atoms with Gasteiger partial charge in [-0.3, -0.25) is 9.59 Å². The van der Waals surface area contributed by atoms with Gasteiger partial charge < -0.3 is 9.47 Å². The number of carbonyl (C=O) groups excluding carboxylic acids is 2. The van der Waals surface area contributed by atoms with Crippen molar-refractivity contribution in [2.24, 2.45) is 16.9 Å². The van der Waals surface area contributed by atoms with E-state index >= 15 is 0 Å². The average Bonchev–Trinajstić information content (AvgIpc) is 3.18. The number of benzene rings is 1. The second-order valence-electron chi connectivity index (χ2n) is 10.1. The summed E-state index contributed by atoms with van der Waals surface area (Å²) in [4.78, 5) is 25.2. The van der Waals surface area contributed by atoms with Crippen molar-refractivity contribution in [1.29, 1.82) is 0 Å². The number of nitrogens with zero attached hydrogens (tertiary/aromatic N) is 2. The molecule has 6 nitrogen and oxygen atoms in total. The molecule has 1 amide bonds. The maximum atomic E-state index is 13.0. The first-order chi connectivity index (χ1) is 14.6. The molecule has 0 spiro atoms. The van der Waals surface area contributed by atoms with Crippen LogP contribution in [0.1, 0.15) is 83.8 Å². The zero-order valence-corrected chi connectivity index (χ0v) is 19.5. The normalized spacial score (nSPS) is 18.7. The Balaban J connectivity index is 1.75. The van der Waals surface area contributed by atoms with Crippen molar-refractivity contribution in [2.45, 2.75) is 84.8 Å². The second-order valence-corrected chi connectivity index (χ2v) is 10.1. The van der Waals surface area contributed by atoms with Crippen LogP contribution in [0.15, 0.2) is 29.4 Å². The predicted octanol–water partition coefficient (Wildman–Crippen LogP) is 5.02. The number of hydrogen-bond acceptors (Lipinski definition) is 5. The molecule has 3 rings (SSSR count). The summed E-state index contributed by atoms with van der Waals surface area (Å²) in [5.41, 5.74) is 1.46. The smallest absolute Gasteiger partial charge is 0.314 e. The summed E-state index contributed by atoms with van der Waals surface area (Å²) in [5, 5.41) is 5.88. The third-order valence-electron chi connectivity index (χ3n) is 5.67. The lowest BCUT2D eigenvalue weighted by Gasteiger charge is -2.28. The van der Waals surface area contributed by atoms with Crippen LogP contribution in [-0.4, -0.2) is 35.0 Å². The van der Waals surface area contributed by atoms with Crippen LogP contribution in [0.4, 0.5) is 0 Å². The maximum absolute atomic E-state index is 13.0. The van der Waals surface area contributed by atoms with Crippen LogP contribution in [0.2, 0.25) is 0 Å². The van der Waals surface area contributed by atoms with Gasteiger partial charge in [0, 0.05) is 6.42 Å². The van der Waals surface area contributed by atoms with Crippen molar-refractivity contribution >= 4 is 17.8 Å². The van der Waals surface area contributed by atoms with E-state index in [4.69, 9.17) is 9.47 Å². The molecule has 1 atom stereocenters. The molecule has 1 aliphatic carbocycles. The second kappa shape index (κ2) is 9.84. The van der Waals surface area contributed by atoms with Crippen molar-refractivity contribution in [3.8, 4) is 0 Å². The van der Waals surface area contributed by atoms with Crippen LogP contribution in [0.3, 0.4) is 0 Å². The van der Waals surface area contributed by atoms with Gasteiger partial charge in [0.1, 0.15) is 5.60 Å². The third-order valence-corrected chi connectivity index (χ3v) is 5.67. The van der Waals surface area contributed by atoms with E-state index in [1.165, 1.54) is 5.01 Å². The molecule has 1 fully saturated rings. The van der Waals surface area contributed by atoms with E-state index in [1.807, 2.05) is 45.0 Å². The number of amides is 1. The van der Waals surface area contributed by atoms with Crippen LogP contribution in [0.25, 0.3) is 0 Å². The van der Waals surface area contributed by atoms with Crippen LogP contribution in [-0.2, 0) is 25.6 Å². The molecule has 1 aliphatic heterocycles. The quantitative estimate of drug-likeness (QED) is 0.572. The number of esters is 1. The zero-order chi connectivity index (χ0) is 22.6. The Hall–Kier alpha value is -2.37. The summed E-state index contributed by atoms with van der Waals surface area (Å²) in [6, 6.07) is 7.99. The van der Waals surface area contributed by atoms with Gasteiger partial charge in [-0.25, -0.2) is 5.01 Å². The molecule has 1 aromatic carbocycles. The molecular formula is C25H36N2O4. The van der Waals surface area contributed by atoms with E-state index in [2.05, 4.69) is 18.9 Å². The largest absolute Gasteiger partial charge is 0.470 e. The van der Waals surface area contributed by atoms with Crippen molar-refractivity contribution in [1.82, 2.24) is 5.01 Å². The van der Waals surface area contributed by atoms with Gasteiger partial charge >= 0.3 is 5.97 Å². The molecule has 0 radical (unpaired) electrons. The SMILES string of the molecule is CC(C)CC1=NN(Cc2ccc(C(C(=O)OC(C)(C)C)C3CCCC3)cc2)C(=O)CO1. The molecule has 0 bridgehead atoms. The Bertz CT molecular complexity index is 802. The van der Waals surface area contributed by atoms with Gasteiger partial charge in [-0.05, 0) is 56.6 Å². The van der Waals surface area contributed by atoms with E-state index < -0.39 is 5.60 Å². The highest BCUT2D eigenvalue weighted by atomic mass is 16.6. The summed E-state index contributed by atoms with van der Waals surface area (Å²) in [7, 11) is 0. The molecule has 0 N–H and O–H groups in total. The Morgan fingerprint density at radius 1 is 1.19 bits per heavy atom. The Morgan fingerprint density at radius 3 is 2.42 bits per heavy atom. The van der Waals surface area contributed by atoms with Crippen molar-refractivity contribution in [3.05, 3.63) is 35.4 Å². The van der Waals surface area contributed by atoms with Crippen molar-refractivity contribution in [2.75, 3.05) is 6.61 Å². The first-order valence-corrected chi connectivity index (χ1v) is 11.4. The minimum absolute atomic E-state index is 0.0338. The molecule has 1 unspecified atom stereocenters. The lowest BCUT2D eigenvalue weighted by molar-refractivity contribution is -0.158. The predicted molar refractivity (Wildman–Crippen MR) is 120 cm³/mol. The minimum atomic E-state index is -0.504. The van der Waals surface area contributed by atoms with E-state index in [0.717, 1.165) is 36.8 Å². The topological polar surface area (TPSA) is 68.2 Å². The third kappa shape index (κ3) is 6.55. The summed E-state index contributed by atoms with van der Waals surface area (Å²) in [6.07, 6.45) is 5.15. The number of carbonyl (C=O) groups is 2. The lowest BCUT2D eigenvalue weighted by Crippen LogP contribution is -2.36. The lowest BCUT2D eigenvalue weighted by atomic mass is 9.84.